The van der Waals surface area contributed by atoms with Crippen LogP contribution >= 0.6 is 0 Å². The number of nitrogens with one attached hydrogen (secondary N) is 2. The third kappa shape index (κ3) is 5.83. The summed E-state index contributed by atoms with van der Waals surface area (Å²) < 4.78 is 0. The quantitative estimate of drug-likeness (QED) is 0.472. The second-order valence-electron chi connectivity index (χ2n) is 1.50. The van der Waals surface area contributed by atoms with E-state index >= 15 is 0 Å². The van der Waals surface area contributed by atoms with E-state index in [0.29, 0.717) is 0 Å². The molecule has 4 heteroatoms. The molecule has 0 unspecified atom stereocenters. The van der Waals surface area contributed by atoms with Gasteiger partial charge in [0, 0.05) is 43.2 Å². The second kappa shape index (κ2) is 8.70. The fraction of sp³-hybridized carbons (Fsp3) is 1.00. The normalized spacial score (nSPS) is 18.0. The van der Waals surface area contributed by atoms with Crippen molar-refractivity contribution in [3.05, 3.63) is 0 Å². The van der Waals surface area contributed by atoms with Gasteiger partial charge in [-0.3, -0.25) is 0 Å². The van der Waals surface area contributed by atoms with E-state index in [2.05, 4.69) is 10.6 Å². The molecule has 2 N–H and O–H groups in total. The summed E-state index contributed by atoms with van der Waals surface area (Å²) in [5.41, 5.74) is 0. The molecule has 47 valence electrons. The number of hydrogen-bond donors (Lipinski definition) is 2. The van der Waals surface area contributed by atoms with Crippen molar-refractivity contribution in [2.45, 2.75) is 0 Å². The molecule has 1 fully saturated rings. The first-order valence-corrected chi connectivity index (χ1v) is 2.41. The third-order valence-corrected chi connectivity index (χ3v) is 0.957. The Morgan fingerprint density at radius 2 is 1.12 bits per heavy atom. The molecule has 2 nitrogen and oxygen atoms in total. The maximum atomic E-state index is 3.22. The fourth-order valence-electron chi connectivity index (χ4n) is 0.604. The van der Waals surface area contributed by atoms with Crippen molar-refractivity contribution in [1.82, 2.24) is 10.6 Å². The third-order valence-electron chi connectivity index (χ3n) is 0.957. The summed E-state index contributed by atoms with van der Waals surface area (Å²) in [6, 6.07) is 0. The Hall–Kier alpha value is 1.70. The van der Waals surface area contributed by atoms with Crippen LogP contribution < -0.4 is 10.6 Å². The average molecular weight is 183 g/mol. The average Bonchev–Trinajstić information content (AvgIpc) is 1.72. The van der Waals surface area contributed by atoms with Crippen LogP contribution in [0.25, 0.3) is 0 Å². The van der Waals surface area contributed by atoms with Crippen LogP contribution in [0, 0.1) is 0 Å². The van der Waals surface area contributed by atoms with Crippen molar-refractivity contribution in [3.8, 4) is 0 Å². The number of rotatable bonds is 0. The summed E-state index contributed by atoms with van der Waals surface area (Å²) in [5.74, 6) is 0. The van der Waals surface area contributed by atoms with Gasteiger partial charge in [0.15, 0.2) is 0 Å². The van der Waals surface area contributed by atoms with Gasteiger partial charge in [0.1, 0.15) is 0 Å². The van der Waals surface area contributed by atoms with E-state index < -0.39 is 0 Å². The SMILES string of the molecule is C1CNCCN1.[Ca+2].[H-].[H-].[Mn]. The minimum absolute atomic E-state index is 0. The molecular formula is C4H12CaMnN2. The van der Waals surface area contributed by atoms with E-state index in [0.717, 1.165) is 26.2 Å². The largest absolute Gasteiger partial charge is 2.00 e. The van der Waals surface area contributed by atoms with Crippen LogP contribution in [0.3, 0.4) is 0 Å². The van der Waals surface area contributed by atoms with Crippen molar-refractivity contribution >= 4 is 37.7 Å². The van der Waals surface area contributed by atoms with Crippen molar-refractivity contribution in [2.75, 3.05) is 26.2 Å². The summed E-state index contributed by atoms with van der Waals surface area (Å²) in [6.07, 6.45) is 0. The first kappa shape index (κ1) is 12.4. The second-order valence-corrected chi connectivity index (χ2v) is 1.50. The molecule has 1 aliphatic rings. The Balaban J connectivity index is -0.0000000450. The van der Waals surface area contributed by atoms with E-state index in [1.807, 2.05) is 0 Å². The molecule has 0 aromatic rings. The maximum Gasteiger partial charge on any atom is 2.00 e. The molecule has 0 amide bonds. The van der Waals surface area contributed by atoms with Crippen molar-refractivity contribution in [1.29, 1.82) is 0 Å². The van der Waals surface area contributed by atoms with E-state index in [4.69, 9.17) is 0 Å². The van der Waals surface area contributed by atoms with Gasteiger partial charge < -0.3 is 13.5 Å². The van der Waals surface area contributed by atoms with Crippen LogP contribution in [-0.4, -0.2) is 63.9 Å². The monoisotopic (exact) mass is 183 g/mol. The van der Waals surface area contributed by atoms with E-state index in [1.54, 1.807) is 0 Å². The first-order chi connectivity index (χ1) is 3.00. The molecule has 1 rings (SSSR count). The van der Waals surface area contributed by atoms with Gasteiger partial charge in [0.2, 0.25) is 0 Å². The summed E-state index contributed by atoms with van der Waals surface area (Å²) >= 11 is 0. The molecular weight excluding hydrogens is 171 g/mol. The predicted octanol–water partition coefficient (Wildman–Crippen LogP) is -0.979. The molecule has 0 spiro atoms. The van der Waals surface area contributed by atoms with Gasteiger partial charge >= 0.3 is 37.7 Å². The molecule has 0 aliphatic carbocycles. The molecule has 8 heavy (non-hydrogen) atoms. The zero-order valence-electron chi connectivity index (χ0n) is 6.91. The molecule has 0 atom stereocenters. The van der Waals surface area contributed by atoms with Crippen LogP contribution in [0.1, 0.15) is 2.85 Å². The maximum absolute atomic E-state index is 3.22. The molecule has 0 aromatic heterocycles. The number of piperazine rings is 1. The molecule has 0 bridgehead atoms. The van der Waals surface area contributed by atoms with Crippen LogP contribution in [0.15, 0.2) is 0 Å². The van der Waals surface area contributed by atoms with E-state index in [9.17, 15) is 0 Å². The minimum Gasteiger partial charge on any atom is -1.00 e. The predicted molar refractivity (Wildman–Crippen MR) is 33.7 cm³/mol. The Morgan fingerprint density at radius 3 is 1.25 bits per heavy atom. The van der Waals surface area contributed by atoms with Crippen LogP contribution in [0.2, 0.25) is 0 Å². The van der Waals surface area contributed by atoms with Crippen molar-refractivity contribution < 1.29 is 19.9 Å². The van der Waals surface area contributed by atoms with Gasteiger partial charge in [-0.1, -0.05) is 0 Å². The summed E-state index contributed by atoms with van der Waals surface area (Å²) in [7, 11) is 0. The molecule has 1 heterocycles. The topological polar surface area (TPSA) is 24.1 Å². The Labute approximate surface area is 93.6 Å². The van der Waals surface area contributed by atoms with Crippen molar-refractivity contribution in [2.24, 2.45) is 0 Å². The van der Waals surface area contributed by atoms with Gasteiger partial charge in [0.05, 0.1) is 0 Å². The van der Waals surface area contributed by atoms with E-state index in [-0.39, 0.29) is 57.7 Å². The van der Waals surface area contributed by atoms with Crippen molar-refractivity contribution in [3.63, 3.8) is 0 Å². The van der Waals surface area contributed by atoms with Crippen LogP contribution in [-0.2, 0) is 17.1 Å². The van der Waals surface area contributed by atoms with E-state index in [1.165, 1.54) is 0 Å². The molecule has 0 aromatic carbocycles. The van der Waals surface area contributed by atoms with Gasteiger partial charge in [-0.2, -0.15) is 0 Å². The van der Waals surface area contributed by atoms with Gasteiger partial charge in [0.25, 0.3) is 0 Å². The smallest absolute Gasteiger partial charge is 1.00 e. The summed E-state index contributed by atoms with van der Waals surface area (Å²) in [4.78, 5) is 0. The molecule has 0 saturated carbocycles. The Kier molecular flexibility index (Phi) is 13.5. The molecule has 1 aliphatic heterocycles. The van der Waals surface area contributed by atoms with Crippen LogP contribution in [0.4, 0.5) is 0 Å². The van der Waals surface area contributed by atoms with Gasteiger partial charge in [-0.05, 0) is 0 Å². The summed E-state index contributed by atoms with van der Waals surface area (Å²) in [5, 5.41) is 6.44. The van der Waals surface area contributed by atoms with Crippen LogP contribution in [0.5, 0.6) is 0 Å². The zero-order valence-corrected chi connectivity index (χ0v) is 8.30. The molecule has 1 saturated heterocycles. The Morgan fingerprint density at radius 1 is 0.875 bits per heavy atom. The molecule has 1 radical (unpaired) electrons. The van der Waals surface area contributed by atoms with Gasteiger partial charge in [-0.25, -0.2) is 0 Å². The Bertz CT molecular complexity index is 36.7. The fourth-order valence-corrected chi connectivity index (χ4v) is 0.604. The minimum atomic E-state index is 0. The summed E-state index contributed by atoms with van der Waals surface area (Å²) in [6.45, 7) is 4.56. The van der Waals surface area contributed by atoms with Gasteiger partial charge in [-0.15, -0.1) is 0 Å². The standard InChI is InChI=1S/C4H10N2.Ca.Mn.2H/c1-2-6-4-3-5-1;;;;/h5-6H,1-4H2;;;;/q;+2;;2*-1. The number of hydrogen-bond acceptors (Lipinski definition) is 2. The zero-order chi connectivity index (χ0) is 4.24. The first-order valence-electron chi connectivity index (χ1n) is 2.41.